The molecule has 0 unspecified atom stereocenters. The first-order valence-electron chi connectivity index (χ1n) is 7.18. The van der Waals surface area contributed by atoms with E-state index >= 15 is 0 Å². The number of hydrogen-bond acceptors (Lipinski definition) is 2. The molecular weight excluding hydrogens is 236 g/mol. The SMILES string of the molecule is CCOC(=O)CCCCc1ccc(C(C)(C)C)cc1. The molecule has 19 heavy (non-hydrogen) atoms. The van der Waals surface area contributed by atoms with Crippen molar-refractivity contribution < 1.29 is 9.53 Å². The summed E-state index contributed by atoms with van der Waals surface area (Å²) >= 11 is 0. The maximum Gasteiger partial charge on any atom is 0.305 e. The van der Waals surface area contributed by atoms with E-state index < -0.39 is 0 Å². The Labute approximate surface area is 117 Å². The largest absolute Gasteiger partial charge is 0.466 e. The first-order chi connectivity index (χ1) is 8.93. The smallest absolute Gasteiger partial charge is 0.305 e. The van der Waals surface area contributed by atoms with Crippen LogP contribution in [0.2, 0.25) is 0 Å². The van der Waals surface area contributed by atoms with Gasteiger partial charge >= 0.3 is 5.97 Å². The number of benzene rings is 1. The number of aryl methyl sites for hydroxylation is 1. The summed E-state index contributed by atoms with van der Waals surface area (Å²) in [7, 11) is 0. The zero-order valence-corrected chi connectivity index (χ0v) is 12.7. The molecule has 0 aliphatic carbocycles. The normalized spacial score (nSPS) is 11.4. The second kappa shape index (κ2) is 7.32. The monoisotopic (exact) mass is 262 g/mol. The first-order valence-corrected chi connectivity index (χ1v) is 7.18. The Morgan fingerprint density at radius 1 is 1.11 bits per heavy atom. The van der Waals surface area contributed by atoms with E-state index in [1.54, 1.807) is 0 Å². The molecule has 0 spiro atoms. The van der Waals surface area contributed by atoms with Gasteiger partial charge in [0.25, 0.3) is 0 Å². The van der Waals surface area contributed by atoms with Crippen molar-refractivity contribution in [3.8, 4) is 0 Å². The lowest BCUT2D eigenvalue weighted by molar-refractivity contribution is -0.143. The van der Waals surface area contributed by atoms with Crippen LogP contribution < -0.4 is 0 Å². The molecule has 0 fully saturated rings. The lowest BCUT2D eigenvalue weighted by atomic mass is 9.86. The molecule has 0 saturated heterocycles. The fraction of sp³-hybridized carbons (Fsp3) is 0.588. The minimum absolute atomic E-state index is 0.0782. The van der Waals surface area contributed by atoms with Crippen molar-refractivity contribution in [1.82, 2.24) is 0 Å². The van der Waals surface area contributed by atoms with E-state index in [2.05, 4.69) is 45.0 Å². The van der Waals surface area contributed by atoms with Gasteiger partial charge in [-0.25, -0.2) is 0 Å². The topological polar surface area (TPSA) is 26.3 Å². The van der Waals surface area contributed by atoms with Gasteiger partial charge in [-0.3, -0.25) is 4.79 Å². The van der Waals surface area contributed by atoms with Crippen molar-refractivity contribution in [2.75, 3.05) is 6.61 Å². The quantitative estimate of drug-likeness (QED) is 0.565. The highest BCUT2D eigenvalue weighted by atomic mass is 16.5. The van der Waals surface area contributed by atoms with Gasteiger partial charge in [-0.1, -0.05) is 45.0 Å². The number of hydrogen-bond donors (Lipinski definition) is 0. The molecule has 0 aliphatic rings. The van der Waals surface area contributed by atoms with E-state index in [9.17, 15) is 4.79 Å². The third-order valence-electron chi connectivity index (χ3n) is 3.22. The molecule has 2 heteroatoms. The summed E-state index contributed by atoms with van der Waals surface area (Å²) in [6.07, 6.45) is 3.51. The lowest BCUT2D eigenvalue weighted by Crippen LogP contribution is -2.10. The van der Waals surface area contributed by atoms with Crippen LogP contribution in [-0.4, -0.2) is 12.6 Å². The number of carbonyl (C=O) groups is 1. The van der Waals surface area contributed by atoms with Crippen molar-refractivity contribution in [2.24, 2.45) is 0 Å². The molecule has 0 aliphatic heterocycles. The Morgan fingerprint density at radius 2 is 1.74 bits per heavy atom. The van der Waals surface area contributed by atoms with Crippen LogP contribution >= 0.6 is 0 Å². The van der Waals surface area contributed by atoms with Crippen LogP contribution in [0.25, 0.3) is 0 Å². The van der Waals surface area contributed by atoms with E-state index in [0.717, 1.165) is 19.3 Å². The third kappa shape index (κ3) is 5.91. The van der Waals surface area contributed by atoms with Gasteiger partial charge in [0.1, 0.15) is 0 Å². The first kappa shape index (κ1) is 15.7. The molecule has 1 aromatic rings. The van der Waals surface area contributed by atoms with Crippen molar-refractivity contribution in [1.29, 1.82) is 0 Å². The van der Waals surface area contributed by atoms with Gasteiger partial charge in [-0.05, 0) is 42.7 Å². The van der Waals surface area contributed by atoms with E-state index in [1.807, 2.05) is 6.92 Å². The maximum absolute atomic E-state index is 11.2. The molecule has 0 bridgehead atoms. The van der Waals surface area contributed by atoms with Gasteiger partial charge in [-0.2, -0.15) is 0 Å². The highest BCUT2D eigenvalue weighted by Crippen LogP contribution is 2.22. The average Bonchev–Trinajstić information content (AvgIpc) is 2.34. The van der Waals surface area contributed by atoms with Gasteiger partial charge in [0.2, 0.25) is 0 Å². The molecule has 1 rings (SSSR count). The summed E-state index contributed by atoms with van der Waals surface area (Å²) in [5.41, 5.74) is 2.92. The molecule has 1 aromatic carbocycles. The zero-order valence-electron chi connectivity index (χ0n) is 12.7. The summed E-state index contributed by atoms with van der Waals surface area (Å²) in [6.45, 7) is 8.99. The van der Waals surface area contributed by atoms with Gasteiger partial charge < -0.3 is 4.74 Å². The van der Waals surface area contributed by atoms with Crippen LogP contribution in [0.3, 0.4) is 0 Å². The van der Waals surface area contributed by atoms with E-state index in [0.29, 0.717) is 13.0 Å². The fourth-order valence-electron chi connectivity index (χ4n) is 2.00. The highest BCUT2D eigenvalue weighted by molar-refractivity contribution is 5.69. The van der Waals surface area contributed by atoms with Gasteiger partial charge in [0.05, 0.1) is 6.61 Å². The third-order valence-corrected chi connectivity index (χ3v) is 3.22. The minimum atomic E-state index is -0.0782. The van der Waals surface area contributed by atoms with Crippen LogP contribution in [0.4, 0.5) is 0 Å². The summed E-state index contributed by atoms with van der Waals surface area (Å²) < 4.78 is 4.91. The molecule has 0 radical (unpaired) electrons. The highest BCUT2D eigenvalue weighted by Gasteiger charge is 2.12. The fourth-order valence-corrected chi connectivity index (χ4v) is 2.00. The van der Waals surface area contributed by atoms with Crippen LogP contribution in [0.5, 0.6) is 0 Å². The summed E-state index contributed by atoms with van der Waals surface area (Å²) in [5, 5.41) is 0. The summed E-state index contributed by atoms with van der Waals surface area (Å²) in [4.78, 5) is 11.2. The number of ether oxygens (including phenoxy) is 1. The molecule has 0 saturated carbocycles. The minimum Gasteiger partial charge on any atom is -0.466 e. The molecule has 0 aromatic heterocycles. The van der Waals surface area contributed by atoms with Gasteiger partial charge in [0, 0.05) is 6.42 Å². The Balaban J connectivity index is 2.33. The number of esters is 1. The van der Waals surface area contributed by atoms with Gasteiger partial charge in [-0.15, -0.1) is 0 Å². The van der Waals surface area contributed by atoms with Crippen LogP contribution in [0, 0.1) is 0 Å². The second-order valence-corrected chi connectivity index (χ2v) is 5.96. The molecule has 0 N–H and O–H groups in total. The molecule has 106 valence electrons. The summed E-state index contributed by atoms with van der Waals surface area (Å²) in [6, 6.07) is 8.82. The van der Waals surface area contributed by atoms with E-state index in [1.165, 1.54) is 11.1 Å². The van der Waals surface area contributed by atoms with Crippen molar-refractivity contribution in [2.45, 2.75) is 58.8 Å². The predicted octanol–water partition coefficient (Wildman–Crippen LogP) is 4.26. The number of carbonyl (C=O) groups excluding carboxylic acids is 1. The van der Waals surface area contributed by atoms with Crippen LogP contribution in [0.15, 0.2) is 24.3 Å². The molecular formula is C17H26O2. The number of rotatable bonds is 6. The van der Waals surface area contributed by atoms with Crippen molar-refractivity contribution in [3.05, 3.63) is 35.4 Å². The second-order valence-electron chi connectivity index (χ2n) is 5.96. The van der Waals surface area contributed by atoms with Crippen LogP contribution in [-0.2, 0) is 21.4 Å². The van der Waals surface area contributed by atoms with Gasteiger partial charge in [0.15, 0.2) is 0 Å². The van der Waals surface area contributed by atoms with E-state index in [-0.39, 0.29) is 11.4 Å². The maximum atomic E-state index is 11.2. The Morgan fingerprint density at radius 3 is 2.26 bits per heavy atom. The lowest BCUT2D eigenvalue weighted by Gasteiger charge is -2.19. The van der Waals surface area contributed by atoms with E-state index in [4.69, 9.17) is 4.74 Å². The van der Waals surface area contributed by atoms with Crippen molar-refractivity contribution in [3.63, 3.8) is 0 Å². The standard InChI is InChI=1S/C17H26O2/c1-5-19-16(18)9-7-6-8-14-10-12-15(13-11-14)17(2,3)4/h10-13H,5-9H2,1-4H3. The Hall–Kier alpha value is -1.31. The molecule has 0 atom stereocenters. The zero-order chi connectivity index (χ0) is 14.3. The average molecular weight is 262 g/mol. The summed E-state index contributed by atoms with van der Waals surface area (Å²) in [5.74, 6) is -0.0782. The molecule has 0 amide bonds. The Bertz CT molecular complexity index is 385. The van der Waals surface area contributed by atoms with Crippen LogP contribution in [0.1, 0.15) is 58.1 Å². The predicted molar refractivity (Wildman–Crippen MR) is 79.3 cm³/mol. The Kier molecular flexibility index (Phi) is 6.07. The molecule has 2 nitrogen and oxygen atoms in total. The number of unbranched alkanes of at least 4 members (excludes halogenated alkanes) is 1. The van der Waals surface area contributed by atoms with Crippen molar-refractivity contribution >= 4 is 5.97 Å². The molecule has 0 heterocycles.